The molecule has 4 nitrogen and oxygen atoms in total. The van der Waals surface area contributed by atoms with E-state index in [4.69, 9.17) is 15.6 Å². The van der Waals surface area contributed by atoms with Crippen LogP contribution in [0.3, 0.4) is 0 Å². The Morgan fingerprint density at radius 3 is 2.74 bits per heavy atom. The van der Waals surface area contributed by atoms with Crippen molar-refractivity contribution in [1.29, 1.82) is 0 Å². The molecule has 1 aromatic carbocycles. The zero-order valence-corrected chi connectivity index (χ0v) is 12.0. The first-order valence-electron chi connectivity index (χ1n) is 7.07. The number of aliphatic hydroxyl groups is 1. The fourth-order valence-electron chi connectivity index (χ4n) is 1.92. The molecular formula is C15H26N2O2. The van der Waals surface area contributed by atoms with Crippen LogP contribution in [0, 0.1) is 5.92 Å². The summed E-state index contributed by atoms with van der Waals surface area (Å²) in [7, 11) is 0. The van der Waals surface area contributed by atoms with Crippen molar-refractivity contribution in [2.24, 2.45) is 5.92 Å². The van der Waals surface area contributed by atoms with Gasteiger partial charge in [-0.15, -0.1) is 0 Å². The highest BCUT2D eigenvalue weighted by Crippen LogP contribution is 2.23. The van der Waals surface area contributed by atoms with E-state index < -0.39 is 0 Å². The number of nitrogen functional groups attached to an aromatic ring is 1. The molecule has 0 aliphatic rings. The van der Waals surface area contributed by atoms with E-state index in [1.165, 1.54) is 0 Å². The maximum absolute atomic E-state index is 8.98. The Morgan fingerprint density at radius 1 is 1.32 bits per heavy atom. The highest BCUT2D eigenvalue weighted by Gasteiger charge is 2.06. The molecule has 1 aromatic rings. The molecule has 0 aromatic heterocycles. The summed E-state index contributed by atoms with van der Waals surface area (Å²) in [5, 5.41) is 12.3. The number of hydrogen-bond acceptors (Lipinski definition) is 4. The van der Waals surface area contributed by atoms with Gasteiger partial charge in [0.05, 0.1) is 6.61 Å². The number of nitrogens with two attached hydrogens (primary N) is 1. The number of anilines is 2. The summed E-state index contributed by atoms with van der Waals surface area (Å²) in [5.74, 6) is 1.28. The second kappa shape index (κ2) is 8.64. The molecule has 108 valence electrons. The maximum Gasteiger partial charge on any atom is 0.123 e. The molecule has 0 aliphatic heterocycles. The Labute approximate surface area is 116 Å². The molecule has 0 aliphatic carbocycles. The average molecular weight is 266 g/mol. The van der Waals surface area contributed by atoms with E-state index in [0.29, 0.717) is 18.2 Å². The van der Waals surface area contributed by atoms with Crippen LogP contribution in [-0.4, -0.2) is 24.9 Å². The molecule has 0 heterocycles. The van der Waals surface area contributed by atoms with Gasteiger partial charge in [0.2, 0.25) is 0 Å². The molecule has 1 atom stereocenters. The predicted octanol–water partition coefficient (Wildman–Crippen LogP) is 2.88. The van der Waals surface area contributed by atoms with Crippen molar-refractivity contribution in [3.05, 3.63) is 18.2 Å². The van der Waals surface area contributed by atoms with Crippen LogP contribution in [0.15, 0.2) is 18.2 Å². The van der Waals surface area contributed by atoms with Crippen LogP contribution in [0.4, 0.5) is 11.4 Å². The Hall–Kier alpha value is -1.42. The summed E-state index contributed by atoms with van der Waals surface area (Å²) in [5.41, 5.74) is 7.54. The van der Waals surface area contributed by atoms with E-state index in [1.807, 2.05) is 18.2 Å². The lowest BCUT2D eigenvalue weighted by Gasteiger charge is -2.16. The number of rotatable bonds is 9. The summed E-state index contributed by atoms with van der Waals surface area (Å²) < 4.78 is 5.60. The minimum absolute atomic E-state index is 0.238. The van der Waals surface area contributed by atoms with Gasteiger partial charge in [0.1, 0.15) is 5.75 Å². The van der Waals surface area contributed by atoms with Gasteiger partial charge < -0.3 is 20.9 Å². The smallest absolute Gasteiger partial charge is 0.123 e. The van der Waals surface area contributed by atoms with Crippen LogP contribution >= 0.6 is 0 Å². The van der Waals surface area contributed by atoms with E-state index in [-0.39, 0.29) is 6.61 Å². The maximum atomic E-state index is 8.98. The van der Waals surface area contributed by atoms with E-state index >= 15 is 0 Å². The fraction of sp³-hybridized carbons (Fsp3) is 0.600. The monoisotopic (exact) mass is 266 g/mol. The van der Waals surface area contributed by atoms with Crippen LogP contribution in [0.5, 0.6) is 5.75 Å². The molecule has 0 saturated heterocycles. The quantitative estimate of drug-likeness (QED) is 0.601. The molecule has 0 radical (unpaired) electrons. The fourth-order valence-corrected chi connectivity index (χ4v) is 1.92. The lowest BCUT2D eigenvalue weighted by molar-refractivity contribution is 0.258. The number of benzene rings is 1. The normalized spacial score (nSPS) is 12.2. The lowest BCUT2D eigenvalue weighted by atomic mass is 10.0. The molecule has 4 N–H and O–H groups in total. The van der Waals surface area contributed by atoms with Gasteiger partial charge in [-0.25, -0.2) is 0 Å². The molecular weight excluding hydrogens is 240 g/mol. The minimum atomic E-state index is 0.238. The molecule has 0 bridgehead atoms. The summed E-state index contributed by atoms with van der Waals surface area (Å²) >= 11 is 0. The largest absolute Gasteiger partial charge is 0.493 e. The Bertz CT molecular complexity index is 369. The van der Waals surface area contributed by atoms with Gasteiger partial charge in [0.15, 0.2) is 0 Å². The molecule has 0 spiro atoms. The molecule has 0 saturated carbocycles. The molecule has 19 heavy (non-hydrogen) atoms. The summed E-state index contributed by atoms with van der Waals surface area (Å²) in [6.45, 7) is 5.99. The molecule has 1 rings (SSSR count). The minimum Gasteiger partial charge on any atom is -0.493 e. The Morgan fingerprint density at radius 2 is 2.11 bits per heavy atom. The molecule has 1 unspecified atom stereocenters. The van der Waals surface area contributed by atoms with Gasteiger partial charge >= 0.3 is 0 Å². The second-order valence-corrected chi connectivity index (χ2v) is 4.81. The van der Waals surface area contributed by atoms with Crippen molar-refractivity contribution in [1.82, 2.24) is 0 Å². The van der Waals surface area contributed by atoms with E-state index in [0.717, 1.165) is 37.2 Å². The number of aliphatic hydroxyl groups excluding tert-OH is 1. The highest BCUT2D eigenvalue weighted by molar-refractivity contribution is 5.59. The zero-order chi connectivity index (χ0) is 14.1. The van der Waals surface area contributed by atoms with Crippen LogP contribution in [0.1, 0.15) is 33.1 Å². The topological polar surface area (TPSA) is 67.5 Å². The van der Waals surface area contributed by atoms with Gasteiger partial charge in [0.25, 0.3) is 0 Å². The molecule has 0 fully saturated rings. The second-order valence-electron chi connectivity index (χ2n) is 4.81. The SMILES string of the molecule is CCCOc1cc(N)cc(NCC(CC)CCO)c1. The van der Waals surface area contributed by atoms with Crippen molar-refractivity contribution >= 4 is 11.4 Å². The van der Waals surface area contributed by atoms with Crippen molar-refractivity contribution in [2.75, 3.05) is 30.8 Å². The first-order valence-corrected chi connectivity index (χ1v) is 7.07. The highest BCUT2D eigenvalue weighted by atomic mass is 16.5. The van der Waals surface area contributed by atoms with Gasteiger partial charge in [-0.2, -0.15) is 0 Å². The van der Waals surface area contributed by atoms with Crippen molar-refractivity contribution < 1.29 is 9.84 Å². The number of ether oxygens (including phenoxy) is 1. The first-order chi connectivity index (χ1) is 9.19. The van der Waals surface area contributed by atoms with Crippen LogP contribution < -0.4 is 15.8 Å². The van der Waals surface area contributed by atoms with Gasteiger partial charge in [0, 0.05) is 36.7 Å². The third kappa shape index (κ3) is 5.83. The third-order valence-electron chi connectivity index (χ3n) is 3.11. The van der Waals surface area contributed by atoms with E-state index in [2.05, 4.69) is 19.2 Å². The summed E-state index contributed by atoms with van der Waals surface area (Å²) in [6.07, 6.45) is 2.85. The number of nitrogens with one attached hydrogen (secondary N) is 1. The van der Waals surface area contributed by atoms with Gasteiger partial charge in [-0.05, 0) is 24.8 Å². The molecule has 4 heteroatoms. The van der Waals surface area contributed by atoms with Gasteiger partial charge in [-0.1, -0.05) is 20.3 Å². The van der Waals surface area contributed by atoms with Crippen LogP contribution in [0.2, 0.25) is 0 Å². The zero-order valence-electron chi connectivity index (χ0n) is 12.0. The summed E-state index contributed by atoms with van der Waals surface area (Å²) in [4.78, 5) is 0. The average Bonchev–Trinajstić information content (AvgIpc) is 2.40. The first kappa shape index (κ1) is 15.6. The van der Waals surface area contributed by atoms with Crippen molar-refractivity contribution in [2.45, 2.75) is 33.1 Å². The standard InChI is InChI=1S/C15H26N2O2/c1-3-7-19-15-9-13(16)8-14(10-15)17-11-12(4-2)5-6-18/h8-10,12,17-18H,3-7,11,16H2,1-2H3. The molecule has 0 amide bonds. The number of hydrogen-bond donors (Lipinski definition) is 3. The third-order valence-corrected chi connectivity index (χ3v) is 3.11. The summed E-state index contributed by atoms with van der Waals surface area (Å²) in [6, 6.07) is 5.72. The van der Waals surface area contributed by atoms with E-state index in [9.17, 15) is 0 Å². The van der Waals surface area contributed by atoms with E-state index in [1.54, 1.807) is 0 Å². The Kier molecular flexibility index (Phi) is 7.11. The van der Waals surface area contributed by atoms with Crippen molar-refractivity contribution in [3.8, 4) is 5.75 Å². The van der Waals surface area contributed by atoms with Crippen LogP contribution in [-0.2, 0) is 0 Å². The van der Waals surface area contributed by atoms with Gasteiger partial charge in [-0.3, -0.25) is 0 Å². The van der Waals surface area contributed by atoms with Crippen molar-refractivity contribution in [3.63, 3.8) is 0 Å². The Balaban J connectivity index is 2.59. The lowest BCUT2D eigenvalue weighted by Crippen LogP contribution is -2.15. The van der Waals surface area contributed by atoms with Crippen LogP contribution in [0.25, 0.3) is 0 Å². The predicted molar refractivity (Wildman–Crippen MR) is 80.6 cm³/mol.